The Hall–Kier alpha value is -2.50. The molecule has 23 heavy (non-hydrogen) atoms. The molecule has 1 aliphatic rings. The van der Waals surface area contributed by atoms with Gasteiger partial charge in [-0.15, -0.1) is 0 Å². The minimum absolute atomic E-state index is 0.0380. The predicted molar refractivity (Wildman–Crippen MR) is 91.2 cm³/mol. The number of aliphatic imine (C=N–C) groups is 1. The Balaban J connectivity index is 2.22. The maximum absolute atomic E-state index is 10.9. The lowest BCUT2D eigenvalue weighted by molar-refractivity contribution is -0.116. The lowest BCUT2D eigenvalue weighted by Crippen LogP contribution is -2.19. The van der Waals surface area contributed by atoms with Gasteiger partial charge in [0.05, 0.1) is 14.2 Å². The van der Waals surface area contributed by atoms with Crippen LogP contribution in [0.3, 0.4) is 0 Å². The number of nitrogens with zero attached hydrogens (tertiary/aromatic N) is 1. The number of primary amides is 1. The van der Waals surface area contributed by atoms with Crippen LogP contribution in [0.2, 0.25) is 0 Å². The van der Waals surface area contributed by atoms with E-state index in [0.717, 1.165) is 41.9 Å². The van der Waals surface area contributed by atoms with Crippen LogP contribution in [0.1, 0.15) is 26.2 Å². The zero-order valence-corrected chi connectivity index (χ0v) is 13.8. The molecule has 0 radical (unpaired) electrons. The number of carbonyl (C=O) groups is 1. The highest BCUT2D eigenvalue weighted by molar-refractivity contribution is 6.02. The smallest absolute Gasteiger partial charge is 0.239 e. The van der Waals surface area contributed by atoms with Gasteiger partial charge in [-0.1, -0.05) is 0 Å². The molecule has 0 aromatic heterocycles. The van der Waals surface area contributed by atoms with Crippen LogP contribution in [0.15, 0.2) is 34.5 Å². The molecule has 0 atom stereocenters. The second kappa shape index (κ2) is 7.67. The van der Waals surface area contributed by atoms with Crippen molar-refractivity contribution < 1.29 is 14.3 Å². The molecule has 1 amide bonds. The Labute approximate surface area is 136 Å². The highest BCUT2D eigenvalue weighted by Gasteiger charge is 2.16. The number of ether oxygens (including phenoxy) is 2. The zero-order chi connectivity index (χ0) is 16.8. The van der Waals surface area contributed by atoms with E-state index in [9.17, 15) is 4.79 Å². The summed E-state index contributed by atoms with van der Waals surface area (Å²) >= 11 is 0. The van der Waals surface area contributed by atoms with Gasteiger partial charge in [-0.3, -0.25) is 9.79 Å². The van der Waals surface area contributed by atoms with Gasteiger partial charge in [0, 0.05) is 23.2 Å². The number of hydrogen-bond acceptors (Lipinski definition) is 5. The molecule has 6 heteroatoms. The summed E-state index contributed by atoms with van der Waals surface area (Å²) in [5.41, 5.74) is 9.22. The molecular formula is C17H23N3O3. The van der Waals surface area contributed by atoms with Crippen molar-refractivity contribution in [3.8, 4) is 11.5 Å². The molecule has 2 rings (SSSR count). The zero-order valence-electron chi connectivity index (χ0n) is 13.8. The molecule has 6 nitrogen and oxygen atoms in total. The van der Waals surface area contributed by atoms with Crippen LogP contribution in [0.4, 0.5) is 5.69 Å². The molecule has 1 aromatic rings. The number of anilines is 1. The minimum atomic E-state index is -0.412. The van der Waals surface area contributed by atoms with Crippen molar-refractivity contribution in [2.45, 2.75) is 26.2 Å². The first-order valence-electron chi connectivity index (χ1n) is 7.56. The van der Waals surface area contributed by atoms with Crippen molar-refractivity contribution in [3.63, 3.8) is 0 Å². The maximum Gasteiger partial charge on any atom is 0.239 e. The fourth-order valence-corrected chi connectivity index (χ4v) is 2.60. The van der Waals surface area contributed by atoms with E-state index in [-0.39, 0.29) is 6.54 Å². The molecule has 1 aliphatic carbocycles. The first kappa shape index (κ1) is 16.9. The van der Waals surface area contributed by atoms with Crippen molar-refractivity contribution in [1.29, 1.82) is 0 Å². The van der Waals surface area contributed by atoms with Crippen LogP contribution < -0.4 is 20.5 Å². The lowest BCUT2D eigenvalue weighted by Gasteiger charge is -2.22. The van der Waals surface area contributed by atoms with Crippen LogP contribution in [-0.2, 0) is 4.79 Å². The van der Waals surface area contributed by atoms with Crippen molar-refractivity contribution in [2.75, 3.05) is 26.1 Å². The molecule has 0 bridgehead atoms. The first-order chi connectivity index (χ1) is 11.0. The van der Waals surface area contributed by atoms with Gasteiger partial charge in [-0.25, -0.2) is 0 Å². The van der Waals surface area contributed by atoms with Crippen LogP contribution in [0.5, 0.6) is 11.5 Å². The summed E-state index contributed by atoms with van der Waals surface area (Å²) in [5.74, 6) is 0.954. The summed E-state index contributed by atoms with van der Waals surface area (Å²) in [6.07, 6.45) is 2.80. The van der Waals surface area contributed by atoms with Gasteiger partial charge in [-0.2, -0.15) is 0 Å². The first-order valence-corrected chi connectivity index (χ1v) is 7.56. The topological polar surface area (TPSA) is 85.9 Å². The van der Waals surface area contributed by atoms with Crippen LogP contribution in [0.25, 0.3) is 0 Å². The molecule has 3 N–H and O–H groups in total. The number of carbonyl (C=O) groups excluding carboxylic acids is 1. The highest BCUT2D eigenvalue weighted by atomic mass is 16.5. The van der Waals surface area contributed by atoms with Crippen LogP contribution >= 0.6 is 0 Å². The molecule has 0 heterocycles. The van der Waals surface area contributed by atoms with Crippen molar-refractivity contribution in [2.24, 2.45) is 10.7 Å². The number of nitrogens with two attached hydrogens (primary N) is 1. The highest BCUT2D eigenvalue weighted by Crippen LogP contribution is 2.32. The fraction of sp³-hybridized carbons (Fsp3) is 0.412. The fourth-order valence-electron chi connectivity index (χ4n) is 2.60. The number of benzene rings is 1. The Morgan fingerprint density at radius 1 is 1.26 bits per heavy atom. The van der Waals surface area contributed by atoms with Crippen LogP contribution in [0, 0.1) is 0 Å². The number of nitrogens with one attached hydrogen (secondary N) is 1. The molecule has 0 aliphatic heterocycles. The number of amides is 1. The SMILES string of the molecule is COc1ccc(NC2=C(C)C(=NCC(N)=O)CCC2)cc1OC. The van der Waals surface area contributed by atoms with E-state index in [1.54, 1.807) is 14.2 Å². The molecule has 1 aromatic carbocycles. The van der Waals surface area contributed by atoms with Crippen LogP contribution in [-0.4, -0.2) is 32.4 Å². The quantitative estimate of drug-likeness (QED) is 0.844. The number of methoxy groups -OCH3 is 2. The van der Waals surface area contributed by atoms with Gasteiger partial charge in [0.25, 0.3) is 0 Å². The van der Waals surface area contributed by atoms with Gasteiger partial charge >= 0.3 is 0 Å². The summed E-state index contributed by atoms with van der Waals surface area (Å²) in [5, 5.41) is 3.42. The minimum Gasteiger partial charge on any atom is -0.493 e. The van der Waals surface area contributed by atoms with E-state index in [1.165, 1.54) is 0 Å². The largest absolute Gasteiger partial charge is 0.493 e. The molecular weight excluding hydrogens is 294 g/mol. The Morgan fingerprint density at radius 3 is 2.65 bits per heavy atom. The number of hydrogen-bond donors (Lipinski definition) is 2. The Kier molecular flexibility index (Phi) is 5.62. The average Bonchev–Trinajstić information content (AvgIpc) is 2.55. The summed E-state index contributed by atoms with van der Waals surface area (Å²) in [6.45, 7) is 2.05. The van der Waals surface area contributed by atoms with E-state index in [0.29, 0.717) is 11.5 Å². The van der Waals surface area contributed by atoms with Gasteiger partial charge in [0.15, 0.2) is 11.5 Å². The summed E-state index contributed by atoms with van der Waals surface area (Å²) in [4.78, 5) is 15.2. The van der Waals surface area contributed by atoms with Crippen molar-refractivity contribution >= 4 is 17.3 Å². The lowest BCUT2D eigenvalue weighted by atomic mass is 9.95. The van der Waals surface area contributed by atoms with E-state index in [4.69, 9.17) is 15.2 Å². The standard InChI is InChI=1S/C17H23N3O3/c1-11-13(19-10-17(18)21)5-4-6-14(11)20-12-7-8-15(22-2)16(9-12)23-3/h7-9,20H,4-6,10H2,1-3H3,(H2,18,21). The predicted octanol–water partition coefficient (Wildman–Crippen LogP) is 2.50. The Bertz CT molecular complexity index is 650. The summed E-state index contributed by atoms with van der Waals surface area (Å²) < 4.78 is 10.6. The number of allylic oxidation sites excluding steroid dienone is 2. The molecule has 0 unspecified atom stereocenters. The molecule has 124 valence electrons. The van der Waals surface area contributed by atoms with Gasteiger partial charge in [0.1, 0.15) is 6.54 Å². The van der Waals surface area contributed by atoms with E-state index < -0.39 is 5.91 Å². The van der Waals surface area contributed by atoms with Crippen molar-refractivity contribution in [1.82, 2.24) is 0 Å². The Morgan fingerprint density at radius 2 is 2.00 bits per heavy atom. The normalized spacial score (nSPS) is 16.4. The molecule has 0 saturated heterocycles. The van der Waals surface area contributed by atoms with Gasteiger partial charge in [-0.05, 0) is 43.9 Å². The third-order valence-corrected chi connectivity index (χ3v) is 3.83. The van der Waals surface area contributed by atoms with E-state index in [1.807, 2.05) is 25.1 Å². The molecule has 0 saturated carbocycles. The average molecular weight is 317 g/mol. The van der Waals surface area contributed by atoms with Gasteiger partial charge in [0.2, 0.25) is 5.91 Å². The summed E-state index contributed by atoms with van der Waals surface area (Å²) in [7, 11) is 3.22. The third-order valence-electron chi connectivity index (χ3n) is 3.83. The molecule has 0 spiro atoms. The van der Waals surface area contributed by atoms with Crippen molar-refractivity contribution in [3.05, 3.63) is 29.5 Å². The van der Waals surface area contributed by atoms with E-state index >= 15 is 0 Å². The number of rotatable bonds is 6. The monoisotopic (exact) mass is 317 g/mol. The van der Waals surface area contributed by atoms with Gasteiger partial charge < -0.3 is 20.5 Å². The van der Waals surface area contributed by atoms with E-state index in [2.05, 4.69) is 10.3 Å². The second-order valence-electron chi connectivity index (χ2n) is 5.38. The maximum atomic E-state index is 10.9. The summed E-state index contributed by atoms with van der Waals surface area (Å²) in [6, 6.07) is 5.70. The molecule has 0 fully saturated rings. The second-order valence-corrected chi connectivity index (χ2v) is 5.38. The third kappa shape index (κ3) is 4.25.